The molecule has 0 radical (unpaired) electrons. The first-order valence-corrected chi connectivity index (χ1v) is 7.50. The first-order chi connectivity index (χ1) is 11.2. The average Bonchev–Trinajstić information content (AvgIpc) is 2.82. The number of fused-ring (bicyclic) bond motifs is 1. The van der Waals surface area contributed by atoms with Crippen molar-refractivity contribution in [2.45, 2.75) is 25.6 Å². The maximum absolute atomic E-state index is 12.3. The number of nitrogens with one attached hydrogen (secondary N) is 2. The number of aromatic nitrogens is 1. The highest BCUT2D eigenvalue weighted by Crippen LogP contribution is 2.22. The number of benzene rings is 1. The number of hydrogen-bond acceptors (Lipinski definition) is 2. The van der Waals surface area contributed by atoms with Crippen LogP contribution in [0.4, 0.5) is 18.0 Å². The number of nitrogens with zero attached hydrogens (tertiary/aromatic N) is 1. The summed E-state index contributed by atoms with van der Waals surface area (Å²) in [5.74, 6) is 0. The van der Waals surface area contributed by atoms with Crippen molar-refractivity contribution in [1.82, 2.24) is 15.2 Å². The lowest BCUT2D eigenvalue weighted by molar-refractivity contribution is -0.205. The van der Waals surface area contributed by atoms with Crippen LogP contribution in [0.2, 0.25) is 0 Å². The highest BCUT2D eigenvalue weighted by Gasteiger charge is 2.39. The number of aliphatic hydroxyl groups excluding tert-OH is 1. The van der Waals surface area contributed by atoms with E-state index in [1.54, 1.807) is 0 Å². The molecule has 1 atom stereocenters. The molecule has 2 amide bonds. The van der Waals surface area contributed by atoms with Gasteiger partial charge in [-0.3, -0.25) is 0 Å². The Kier molecular flexibility index (Phi) is 5.38. The molecule has 24 heavy (non-hydrogen) atoms. The Morgan fingerprint density at radius 1 is 1.38 bits per heavy atom. The molecule has 0 saturated heterocycles. The third-order valence-electron chi connectivity index (χ3n) is 3.85. The number of rotatable bonds is 5. The topological polar surface area (TPSA) is 68.4 Å². The van der Waals surface area contributed by atoms with Crippen LogP contribution in [0.3, 0.4) is 0 Å². The molecule has 2 aromatic rings. The van der Waals surface area contributed by atoms with Crippen molar-refractivity contribution >= 4 is 16.9 Å². The molecule has 1 aromatic heterocycles. The first kappa shape index (κ1) is 18.1. The Balaban J connectivity index is 1.89. The number of carbonyl (C=O) groups is 1. The zero-order valence-electron chi connectivity index (χ0n) is 13.4. The zero-order valence-corrected chi connectivity index (χ0v) is 13.4. The maximum atomic E-state index is 12.3. The third kappa shape index (κ3) is 4.19. The van der Waals surface area contributed by atoms with Crippen molar-refractivity contribution in [2.24, 2.45) is 0 Å². The molecule has 0 spiro atoms. The van der Waals surface area contributed by atoms with Gasteiger partial charge in [0.2, 0.25) is 0 Å². The van der Waals surface area contributed by atoms with E-state index < -0.39 is 24.9 Å². The molecule has 0 aliphatic rings. The van der Waals surface area contributed by atoms with Gasteiger partial charge in [0.1, 0.15) is 0 Å². The minimum absolute atomic E-state index is 0.286. The second-order valence-corrected chi connectivity index (χ2v) is 5.69. The van der Waals surface area contributed by atoms with Gasteiger partial charge in [0, 0.05) is 30.2 Å². The minimum Gasteiger partial charge on any atom is -0.382 e. The molecule has 1 unspecified atom stereocenters. The van der Waals surface area contributed by atoms with Gasteiger partial charge in [-0.15, -0.1) is 0 Å². The summed E-state index contributed by atoms with van der Waals surface area (Å²) in [5, 5.41) is 12.6. The highest BCUT2D eigenvalue weighted by molar-refractivity contribution is 5.84. The van der Waals surface area contributed by atoms with Gasteiger partial charge in [-0.05, 0) is 25.0 Å². The molecule has 0 aliphatic heterocycles. The fourth-order valence-corrected chi connectivity index (χ4v) is 2.53. The van der Waals surface area contributed by atoms with Crippen LogP contribution in [0.25, 0.3) is 10.9 Å². The molecule has 5 nitrogen and oxygen atoms in total. The number of carbonyl (C=O) groups excluding carboxylic acids is 1. The molecule has 0 fully saturated rings. The SMILES string of the molecule is Cc1[nH]c2ccccc2c1CCNC(=O)N(C)CC(O)C(F)(F)F. The van der Waals surface area contributed by atoms with E-state index in [9.17, 15) is 18.0 Å². The van der Waals surface area contributed by atoms with Crippen LogP contribution < -0.4 is 5.32 Å². The largest absolute Gasteiger partial charge is 0.416 e. The Morgan fingerprint density at radius 2 is 2.04 bits per heavy atom. The fourth-order valence-electron chi connectivity index (χ4n) is 2.53. The predicted octanol–water partition coefficient (Wildman–Crippen LogP) is 2.58. The van der Waals surface area contributed by atoms with E-state index in [0.717, 1.165) is 27.1 Å². The molecule has 3 N–H and O–H groups in total. The van der Waals surface area contributed by atoms with Crippen LogP contribution in [0.5, 0.6) is 0 Å². The lowest BCUT2D eigenvalue weighted by Gasteiger charge is -2.22. The van der Waals surface area contributed by atoms with Crippen LogP contribution in [-0.4, -0.2) is 53.4 Å². The summed E-state index contributed by atoms with van der Waals surface area (Å²) in [7, 11) is 1.21. The number of halogens is 3. The maximum Gasteiger partial charge on any atom is 0.416 e. The predicted molar refractivity (Wildman–Crippen MR) is 84.8 cm³/mol. The number of urea groups is 1. The normalized spacial score (nSPS) is 13.1. The summed E-state index contributed by atoms with van der Waals surface area (Å²) >= 11 is 0. The van der Waals surface area contributed by atoms with Crippen molar-refractivity contribution < 1.29 is 23.1 Å². The van der Waals surface area contributed by atoms with E-state index in [4.69, 9.17) is 5.11 Å². The van der Waals surface area contributed by atoms with E-state index in [2.05, 4.69) is 10.3 Å². The smallest absolute Gasteiger partial charge is 0.382 e. The van der Waals surface area contributed by atoms with E-state index in [-0.39, 0.29) is 6.54 Å². The summed E-state index contributed by atoms with van der Waals surface area (Å²) in [5.41, 5.74) is 3.05. The number of aromatic amines is 1. The lowest BCUT2D eigenvalue weighted by Crippen LogP contribution is -2.45. The van der Waals surface area contributed by atoms with Gasteiger partial charge in [0.15, 0.2) is 6.10 Å². The van der Waals surface area contributed by atoms with Gasteiger partial charge >= 0.3 is 12.2 Å². The van der Waals surface area contributed by atoms with Gasteiger partial charge in [-0.2, -0.15) is 13.2 Å². The third-order valence-corrected chi connectivity index (χ3v) is 3.85. The molecule has 0 aliphatic carbocycles. The van der Waals surface area contributed by atoms with E-state index in [1.165, 1.54) is 7.05 Å². The monoisotopic (exact) mass is 343 g/mol. The zero-order chi connectivity index (χ0) is 17.9. The van der Waals surface area contributed by atoms with E-state index in [0.29, 0.717) is 6.42 Å². The summed E-state index contributed by atoms with van der Waals surface area (Å²) in [6.07, 6.45) is -6.74. The van der Waals surface area contributed by atoms with Crippen molar-refractivity contribution in [1.29, 1.82) is 0 Å². The molecule has 132 valence electrons. The number of amides is 2. The van der Waals surface area contributed by atoms with Crippen molar-refractivity contribution in [3.05, 3.63) is 35.5 Å². The van der Waals surface area contributed by atoms with E-state index >= 15 is 0 Å². The Bertz CT molecular complexity index is 712. The number of aryl methyl sites for hydroxylation is 1. The molecule has 1 heterocycles. The molecule has 0 bridgehead atoms. The van der Waals surface area contributed by atoms with Gasteiger partial charge < -0.3 is 20.3 Å². The standard InChI is InChI=1S/C16H20F3N3O2/c1-10-11(12-5-3-4-6-13(12)21-10)7-8-20-15(24)22(2)9-14(23)16(17,18)19/h3-6,14,21,23H,7-9H2,1-2H3,(H,20,24). The summed E-state index contributed by atoms with van der Waals surface area (Å²) in [4.78, 5) is 15.9. The van der Waals surface area contributed by atoms with Crippen LogP contribution in [0.15, 0.2) is 24.3 Å². The van der Waals surface area contributed by atoms with Crippen LogP contribution in [0.1, 0.15) is 11.3 Å². The number of H-pyrrole nitrogens is 1. The molecule has 8 heteroatoms. The second-order valence-electron chi connectivity index (χ2n) is 5.69. The number of hydrogen-bond donors (Lipinski definition) is 3. The lowest BCUT2D eigenvalue weighted by atomic mass is 10.1. The second kappa shape index (κ2) is 7.12. The van der Waals surface area contributed by atoms with Crippen molar-refractivity contribution in [3.8, 4) is 0 Å². The quantitative estimate of drug-likeness (QED) is 0.781. The molecular weight excluding hydrogens is 323 g/mol. The Labute approximate surface area is 137 Å². The van der Waals surface area contributed by atoms with Crippen molar-refractivity contribution in [2.75, 3.05) is 20.1 Å². The van der Waals surface area contributed by atoms with Crippen LogP contribution in [0, 0.1) is 6.92 Å². The minimum atomic E-state index is -4.74. The average molecular weight is 343 g/mol. The summed E-state index contributed by atoms with van der Waals surface area (Å²) in [6.45, 7) is 1.42. The number of para-hydroxylation sites is 1. The van der Waals surface area contributed by atoms with Gasteiger partial charge in [0.05, 0.1) is 6.54 Å². The van der Waals surface area contributed by atoms with Crippen LogP contribution in [-0.2, 0) is 6.42 Å². The highest BCUT2D eigenvalue weighted by atomic mass is 19.4. The van der Waals surface area contributed by atoms with Gasteiger partial charge in [-0.25, -0.2) is 4.79 Å². The molecular formula is C16H20F3N3O2. The summed E-state index contributed by atoms with van der Waals surface area (Å²) < 4.78 is 36.9. The van der Waals surface area contributed by atoms with Gasteiger partial charge in [0.25, 0.3) is 0 Å². The number of alkyl halides is 3. The van der Waals surface area contributed by atoms with Gasteiger partial charge in [-0.1, -0.05) is 18.2 Å². The fraction of sp³-hybridized carbons (Fsp3) is 0.438. The number of aliphatic hydroxyl groups is 1. The molecule has 0 saturated carbocycles. The number of likely N-dealkylation sites (N-methyl/N-ethyl adjacent to an activating group) is 1. The Hall–Kier alpha value is -2.22. The Morgan fingerprint density at radius 3 is 2.71 bits per heavy atom. The summed E-state index contributed by atoms with van der Waals surface area (Å²) in [6, 6.07) is 7.11. The molecule has 1 aromatic carbocycles. The first-order valence-electron chi connectivity index (χ1n) is 7.50. The van der Waals surface area contributed by atoms with Crippen LogP contribution >= 0.6 is 0 Å². The van der Waals surface area contributed by atoms with E-state index in [1.807, 2.05) is 31.2 Å². The van der Waals surface area contributed by atoms with Crippen molar-refractivity contribution in [3.63, 3.8) is 0 Å². The molecule has 2 rings (SSSR count).